The van der Waals surface area contributed by atoms with Crippen molar-refractivity contribution in [1.29, 1.82) is 0 Å². The third-order valence-electron chi connectivity index (χ3n) is 4.22. The first-order chi connectivity index (χ1) is 10.5. The zero-order valence-corrected chi connectivity index (χ0v) is 13.0. The lowest BCUT2D eigenvalue weighted by atomic mass is 10.0. The number of likely N-dealkylation sites (N-methyl/N-ethyl adjacent to an activating group) is 1. The number of carbonyl (C=O) groups excluding carboxylic acids is 2. The highest BCUT2D eigenvalue weighted by Gasteiger charge is 2.48. The predicted molar refractivity (Wildman–Crippen MR) is 82.5 cm³/mol. The van der Waals surface area contributed by atoms with Crippen LogP contribution in [0.15, 0.2) is 24.3 Å². The van der Waals surface area contributed by atoms with Gasteiger partial charge in [-0.2, -0.15) is 0 Å². The fourth-order valence-corrected chi connectivity index (χ4v) is 3.22. The van der Waals surface area contributed by atoms with Gasteiger partial charge in [0, 0.05) is 45.7 Å². The van der Waals surface area contributed by atoms with Crippen molar-refractivity contribution in [2.75, 3.05) is 32.0 Å². The van der Waals surface area contributed by atoms with E-state index >= 15 is 0 Å². The number of nitrogens with zero attached hydrogens (tertiary/aromatic N) is 2. The Morgan fingerprint density at radius 3 is 2.64 bits per heavy atom. The molecule has 1 N–H and O–H groups in total. The molecule has 1 aromatic carbocycles. The smallest absolute Gasteiger partial charge is 0.410 e. The molecule has 6 nitrogen and oxygen atoms in total. The van der Waals surface area contributed by atoms with Crippen molar-refractivity contribution in [3.8, 4) is 0 Å². The largest absolute Gasteiger partial charge is 0.439 e. The predicted octanol–water partition coefficient (Wildman–Crippen LogP) is 1.67. The van der Waals surface area contributed by atoms with Gasteiger partial charge in [-0.05, 0) is 17.7 Å². The summed E-state index contributed by atoms with van der Waals surface area (Å²) in [6.07, 6.45) is 0.661. The van der Waals surface area contributed by atoms with E-state index in [0.29, 0.717) is 6.54 Å². The molecule has 1 aromatic rings. The molecular formula is C16H21N3O3. The SMILES string of the molecule is CC(=O)Nc1ccc(CN2CC[C@]3(C2)CN(C)C(=O)O3)cc1. The molecule has 2 aliphatic heterocycles. The molecule has 2 amide bonds. The molecule has 0 aromatic heterocycles. The molecule has 1 spiro atoms. The minimum Gasteiger partial charge on any atom is -0.439 e. The van der Waals surface area contributed by atoms with E-state index in [1.165, 1.54) is 12.5 Å². The quantitative estimate of drug-likeness (QED) is 0.923. The van der Waals surface area contributed by atoms with Crippen LogP contribution in [0.4, 0.5) is 10.5 Å². The molecule has 0 aliphatic carbocycles. The van der Waals surface area contributed by atoms with Crippen LogP contribution in [0.1, 0.15) is 18.9 Å². The van der Waals surface area contributed by atoms with Crippen LogP contribution in [0.5, 0.6) is 0 Å². The average molecular weight is 303 g/mol. The third-order valence-corrected chi connectivity index (χ3v) is 4.22. The van der Waals surface area contributed by atoms with Crippen LogP contribution in [0.25, 0.3) is 0 Å². The number of hydrogen-bond acceptors (Lipinski definition) is 4. The van der Waals surface area contributed by atoms with Gasteiger partial charge in [0.05, 0.1) is 6.54 Å². The Balaban J connectivity index is 1.58. The lowest BCUT2D eigenvalue weighted by molar-refractivity contribution is -0.114. The van der Waals surface area contributed by atoms with Crippen molar-refractivity contribution < 1.29 is 14.3 Å². The van der Waals surface area contributed by atoms with Crippen molar-refractivity contribution >= 4 is 17.7 Å². The zero-order valence-electron chi connectivity index (χ0n) is 13.0. The fraction of sp³-hybridized carbons (Fsp3) is 0.500. The number of nitrogens with one attached hydrogen (secondary N) is 1. The normalized spacial score (nSPS) is 24.8. The molecule has 0 unspecified atom stereocenters. The van der Waals surface area contributed by atoms with E-state index in [1.54, 1.807) is 11.9 Å². The number of amides is 2. The Morgan fingerprint density at radius 1 is 1.32 bits per heavy atom. The van der Waals surface area contributed by atoms with E-state index in [0.717, 1.165) is 31.7 Å². The van der Waals surface area contributed by atoms with Crippen molar-refractivity contribution in [2.24, 2.45) is 0 Å². The Morgan fingerprint density at radius 2 is 2.05 bits per heavy atom. The van der Waals surface area contributed by atoms with Gasteiger partial charge in [-0.1, -0.05) is 12.1 Å². The highest BCUT2D eigenvalue weighted by molar-refractivity contribution is 5.88. The van der Waals surface area contributed by atoms with Crippen molar-refractivity contribution in [3.63, 3.8) is 0 Å². The summed E-state index contributed by atoms with van der Waals surface area (Å²) >= 11 is 0. The molecule has 2 aliphatic rings. The summed E-state index contributed by atoms with van der Waals surface area (Å²) in [5.74, 6) is -0.0681. The standard InChI is InChI=1S/C16H21N3O3/c1-12(20)17-14-5-3-13(4-6-14)9-19-8-7-16(11-19)10-18(2)15(21)22-16/h3-6H,7-11H2,1-2H3,(H,17,20)/t16-/m1/s1. The number of rotatable bonds is 3. The van der Waals surface area contributed by atoms with Crippen LogP contribution in [0.3, 0.4) is 0 Å². The second-order valence-electron chi connectivity index (χ2n) is 6.25. The average Bonchev–Trinajstić information content (AvgIpc) is 2.95. The lowest BCUT2D eigenvalue weighted by Gasteiger charge is -2.21. The molecular weight excluding hydrogens is 282 g/mol. The molecule has 0 bridgehead atoms. The lowest BCUT2D eigenvalue weighted by Crippen LogP contribution is -2.37. The summed E-state index contributed by atoms with van der Waals surface area (Å²) in [4.78, 5) is 26.5. The number of likely N-dealkylation sites (tertiary alicyclic amines) is 1. The number of ether oxygens (including phenoxy) is 1. The Labute approximate surface area is 130 Å². The summed E-state index contributed by atoms with van der Waals surface area (Å²) < 4.78 is 5.55. The van der Waals surface area contributed by atoms with Crippen LogP contribution < -0.4 is 5.32 Å². The number of carbonyl (C=O) groups is 2. The molecule has 0 radical (unpaired) electrons. The zero-order chi connectivity index (χ0) is 15.7. The molecule has 1 atom stereocenters. The minimum absolute atomic E-state index is 0.0681. The van der Waals surface area contributed by atoms with Gasteiger partial charge >= 0.3 is 6.09 Å². The highest BCUT2D eigenvalue weighted by atomic mass is 16.6. The summed E-state index contributed by atoms with van der Waals surface area (Å²) in [5, 5.41) is 2.76. The van der Waals surface area contributed by atoms with Gasteiger partial charge in [-0.3, -0.25) is 9.69 Å². The summed E-state index contributed by atoms with van der Waals surface area (Å²) in [5.41, 5.74) is 1.66. The summed E-state index contributed by atoms with van der Waals surface area (Å²) in [6, 6.07) is 7.85. The topological polar surface area (TPSA) is 61.9 Å². The maximum Gasteiger partial charge on any atom is 0.410 e. The molecule has 2 heterocycles. The molecule has 22 heavy (non-hydrogen) atoms. The molecule has 2 fully saturated rings. The maximum atomic E-state index is 11.6. The molecule has 118 valence electrons. The molecule has 3 rings (SSSR count). The van der Waals surface area contributed by atoms with E-state index in [9.17, 15) is 9.59 Å². The van der Waals surface area contributed by atoms with Gasteiger partial charge in [-0.25, -0.2) is 4.79 Å². The minimum atomic E-state index is -0.331. The van der Waals surface area contributed by atoms with E-state index in [-0.39, 0.29) is 17.6 Å². The Hall–Kier alpha value is -2.08. The van der Waals surface area contributed by atoms with Crippen LogP contribution in [0.2, 0.25) is 0 Å². The first kappa shape index (κ1) is 14.8. The molecule has 2 saturated heterocycles. The molecule has 0 saturated carbocycles. The van der Waals surface area contributed by atoms with Crippen molar-refractivity contribution in [1.82, 2.24) is 9.80 Å². The van der Waals surface area contributed by atoms with Gasteiger partial charge in [-0.15, -0.1) is 0 Å². The summed E-state index contributed by atoms with van der Waals surface area (Å²) in [6.45, 7) is 4.69. The Bertz CT molecular complexity index is 587. The number of anilines is 1. The Kier molecular flexibility index (Phi) is 3.78. The highest BCUT2D eigenvalue weighted by Crippen LogP contribution is 2.32. The van der Waals surface area contributed by atoms with Gasteiger partial charge in [0.1, 0.15) is 5.60 Å². The summed E-state index contributed by atoms with van der Waals surface area (Å²) in [7, 11) is 1.78. The monoisotopic (exact) mass is 303 g/mol. The van der Waals surface area contributed by atoms with Crippen LogP contribution in [-0.4, -0.2) is 54.1 Å². The van der Waals surface area contributed by atoms with Crippen LogP contribution >= 0.6 is 0 Å². The number of benzene rings is 1. The molecule has 6 heteroatoms. The van der Waals surface area contributed by atoms with Gasteiger partial charge in [0.25, 0.3) is 0 Å². The van der Waals surface area contributed by atoms with Crippen molar-refractivity contribution in [3.05, 3.63) is 29.8 Å². The van der Waals surface area contributed by atoms with E-state index < -0.39 is 0 Å². The van der Waals surface area contributed by atoms with Crippen molar-refractivity contribution in [2.45, 2.75) is 25.5 Å². The second kappa shape index (κ2) is 5.61. The van der Waals surface area contributed by atoms with Gasteiger partial charge in [0.2, 0.25) is 5.91 Å². The van der Waals surface area contributed by atoms with E-state index in [4.69, 9.17) is 4.74 Å². The first-order valence-electron chi connectivity index (χ1n) is 7.49. The van der Waals surface area contributed by atoms with E-state index in [2.05, 4.69) is 10.2 Å². The fourth-order valence-electron chi connectivity index (χ4n) is 3.22. The van der Waals surface area contributed by atoms with E-state index in [1.807, 2.05) is 24.3 Å². The van der Waals surface area contributed by atoms with Gasteiger partial charge < -0.3 is 15.0 Å². The third kappa shape index (κ3) is 3.06. The number of hydrogen-bond donors (Lipinski definition) is 1. The second-order valence-corrected chi connectivity index (χ2v) is 6.25. The van der Waals surface area contributed by atoms with Crippen LogP contribution in [-0.2, 0) is 16.1 Å². The van der Waals surface area contributed by atoms with Gasteiger partial charge in [0.15, 0.2) is 0 Å². The first-order valence-corrected chi connectivity index (χ1v) is 7.49. The van der Waals surface area contributed by atoms with Crippen LogP contribution in [0, 0.1) is 0 Å². The maximum absolute atomic E-state index is 11.6.